The summed E-state index contributed by atoms with van der Waals surface area (Å²) in [5, 5.41) is 21.1. The Morgan fingerprint density at radius 2 is 1.12 bits per heavy atom. The average Bonchev–Trinajstić information content (AvgIpc) is 2.93. The number of carboxylic acid groups (broad SMARTS) is 1. The molecule has 40 heavy (non-hydrogen) atoms. The summed E-state index contributed by atoms with van der Waals surface area (Å²) >= 11 is 0. The maximum Gasteiger partial charge on any atom is 0.326 e. The minimum absolute atomic E-state index is 0.127. The minimum atomic E-state index is -1.16. The van der Waals surface area contributed by atoms with Crippen molar-refractivity contribution in [2.45, 2.75) is 25.3 Å². The molecule has 18 nitrogen and oxygen atoms in total. The molecule has 0 heterocycles. The Morgan fingerprint density at radius 3 is 1.60 bits per heavy atom. The van der Waals surface area contributed by atoms with Crippen LogP contribution >= 0.6 is 0 Å². The molecule has 0 aromatic rings. The van der Waals surface area contributed by atoms with Gasteiger partial charge in [0.2, 0.25) is 11.8 Å². The number of unbranched alkanes of at least 4 members (excludes halogenated alkanes) is 1. The predicted molar refractivity (Wildman–Crippen MR) is 139 cm³/mol. The van der Waals surface area contributed by atoms with E-state index in [0.717, 1.165) is 0 Å². The zero-order chi connectivity index (χ0) is 29.5. The van der Waals surface area contributed by atoms with Gasteiger partial charge < -0.3 is 44.2 Å². The van der Waals surface area contributed by atoms with E-state index >= 15 is 0 Å². The highest BCUT2D eigenvalue weighted by atomic mass is 16.5. The summed E-state index contributed by atoms with van der Waals surface area (Å²) in [5.41, 5.74) is 16.2. The number of carboxylic acids is 1. The molecule has 0 aliphatic rings. The minimum Gasteiger partial charge on any atom is -0.480 e. The first kappa shape index (κ1) is 36.8. The third-order valence-electron chi connectivity index (χ3n) is 4.63. The molecule has 0 unspecified atom stereocenters. The van der Waals surface area contributed by atoms with Crippen molar-refractivity contribution in [2.24, 2.45) is 10.2 Å². The van der Waals surface area contributed by atoms with E-state index in [4.69, 9.17) is 39.5 Å². The molecule has 0 saturated carbocycles. The van der Waals surface area contributed by atoms with E-state index in [9.17, 15) is 19.5 Å². The van der Waals surface area contributed by atoms with Crippen LogP contribution in [0.15, 0.2) is 10.2 Å². The largest absolute Gasteiger partial charge is 0.480 e. The molecule has 0 fully saturated rings. The summed E-state index contributed by atoms with van der Waals surface area (Å²) in [5.74, 6) is -2.01. The first-order valence-electron chi connectivity index (χ1n) is 12.8. The van der Waals surface area contributed by atoms with Crippen LogP contribution in [-0.4, -0.2) is 128 Å². The zero-order valence-corrected chi connectivity index (χ0v) is 22.6. The lowest BCUT2D eigenvalue weighted by atomic mass is 10.1. The van der Waals surface area contributed by atoms with Crippen molar-refractivity contribution >= 4 is 17.8 Å². The summed E-state index contributed by atoms with van der Waals surface area (Å²) in [7, 11) is 0. The number of aliphatic carboxylic acids is 1. The van der Waals surface area contributed by atoms with Crippen molar-refractivity contribution in [1.82, 2.24) is 10.6 Å². The Hall–Kier alpha value is -3.21. The topological polar surface area (TPSA) is 248 Å². The summed E-state index contributed by atoms with van der Waals surface area (Å²) in [6.07, 6.45) is 1.19. The molecule has 228 valence electrons. The quantitative estimate of drug-likeness (QED) is 0.0483. The SMILES string of the molecule is [N-]=[N+]=NCCOCCOCCOCC(=O)NCCCC[C@@H](NC(=O)COCCOCCOCCN=[N+]=[N-])C(=O)O. The van der Waals surface area contributed by atoms with Gasteiger partial charge in [0.25, 0.3) is 0 Å². The summed E-state index contributed by atoms with van der Waals surface area (Å²) in [4.78, 5) is 40.3. The lowest BCUT2D eigenvalue weighted by Gasteiger charge is -2.15. The van der Waals surface area contributed by atoms with E-state index in [1.54, 1.807) is 0 Å². The van der Waals surface area contributed by atoms with Gasteiger partial charge in [-0.05, 0) is 30.3 Å². The maximum atomic E-state index is 11.9. The van der Waals surface area contributed by atoms with Crippen LogP contribution in [0.3, 0.4) is 0 Å². The van der Waals surface area contributed by atoms with Crippen molar-refractivity contribution in [3.63, 3.8) is 0 Å². The molecule has 0 aliphatic carbocycles. The fraction of sp³-hybridized carbons (Fsp3) is 0.864. The predicted octanol–water partition coefficient (Wildman–Crippen LogP) is 0.563. The Balaban J connectivity index is 3.68. The molecule has 0 saturated heterocycles. The van der Waals surface area contributed by atoms with Crippen molar-refractivity contribution in [2.75, 3.05) is 98.9 Å². The van der Waals surface area contributed by atoms with E-state index in [-0.39, 0.29) is 58.5 Å². The van der Waals surface area contributed by atoms with Crippen LogP contribution in [0.1, 0.15) is 19.3 Å². The molecule has 3 N–H and O–H groups in total. The maximum absolute atomic E-state index is 11.9. The van der Waals surface area contributed by atoms with Gasteiger partial charge in [-0.15, -0.1) is 0 Å². The van der Waals surface area contributed by atoms with Gasteiger partial charge in [0.05, 0.1) is 66.1 Å². The van der Waals surface area contributed by atoms with E-state index in [1.165, 1.54) is 0 Å². The van der Waals surface area contributed by atoms with Crippen molar-refractivity contribution in [1.29, 1.82) is 0 Å². The first-order valence-corrected chi connectivity index (χ1v) is 12.8. The van der Waals surface area contributed by atoms with Crippen LogP contribution in [0.2, 0.25) is 0 Å². The third kappa shape index (κ3) is 26.4. The monoisotopic (exact) mass is 576 g/mol. The molecule has 1 atom stereocenters. The second kappa shape index (κ2) is 28.8. The molecule has 0 rings (SSSR count). The Morgan fingerprint density at radius 1 is 0.675 bits per heavy atom. The van der Waals surface area contributed by atoms with Crippen molar-refractivity contribution < 1.29 is 47.9 Å². The van der Waals surface area contributed by atoms with Crippen LogP contribution in [0.25, 0.3) is 20.9 Å². The highest BCUT2D eigenvalue weighted by Gasteiger charge is 2.19. The first-order chi connectivity index (χ1) is 19.5. The number of nitrogens with zero attached hydrogens (tertiary/aromatic N) is 6. The van der Waals surface area contributed by atoms with E-state index < -0.39 is 17.9 Å². The summed E-state index contributed by atoms with van der Waals surface area (Å²) in [6.45, 7) is 3.32. The molecule has 18 heteroatoms. The van der Waals surface area contributed by atoms with Crippen LogP contribution in [0.5, 0.6) is 0 Å². The van der Waals surface area contributed by atoms with Gasteiger partial charge in [-0.2, -0.15) is 0 Å². The molecule has 0 radical (unpaired) electrons. The lowest BCUT2D eigenvalue weighted by Crippen LogP contribution is -2.42. The third-order valence-corrected chi connectivity index (χ3v) is 4.63. The fourth-order valence-corrected chi connectivity index (χ4v) is 2.76. The van der Waals surface area contributed by atoms with E-state index in [1.807, 2.05) is 0 Å². The number of carbonyl (C=O) groups excluding carboxylic acids is 2. The molecular formula is C22H40N8O10. The normalized spacial score (nSPS) is 11.2. The Bertz CT molecular complexity index is 779. The van der Waals surface area contributed by atoms with Crippen LogP contribution in [-0.2, 0) is 42.8 Å². The van der Waals surface area contributed by atoms with Crippen molar-refractivity contribution in [3.8, 4) is 0 Å². The van der Waals surface area contributed by atoms with Gasteiger partial charge in [-0.3, -0.25) is 9.59 Å². The molecule has 0 spiro atoms. The van der Waals surface area contributed by atoms with Gasteiger partial charge >= 0.3 is 5.97 Å². The Labute approximate surface area is 232 Å². The van der Waals surface area contributed by atoms with E-state index in [2.05, 4.69) is 30.7 Å². The summed E-state index contributed by atoms with van der Waals surface area (Å²) in [6, 6.07) is -1.06. The number of azide groups is 2. The smallest absolute Gasteiger partial charge is 0.326 e. The molecule has 0 aromatic carbocycles. The van der Waals surface area contributed by atoms with Gasteiger partial charge in [0.1, 0.15) is 19.3 Å². The van der Waals surface area contributed by atoms with Crippen molar-refractivity contribution in [3.05, 3.63) is 20.9 Å². The number of nitrogens with one attached hydrogen (secondary N) is 2. The zero-order valence-electron chi connectivity index (χ0n) is 22.6. The summed E-state index contributed by atoms with van der Waals surface area (Å²) < 4.78 is 31.2. The number of carbonyl (C=O) groups is 3. The van der Waals surface area contributed by atoms with E-state index in [0.29, 0.717) is 65.6 Å². The molecular weight excluding hydrogens is 536 g/mol. The second-order valence-corrected chi connectivity index (χ2v) is 7.77. The van der Waals surface area contributed by atoms with Crippen LogP contribution < -0.4 is 10.6 Å². The van der Waals surface area contributed by atoms with Crippen LogP contribution in [0.4, 0.5) is 0 Å². The van der Waals surface area contributed by atoms with Gasteiger partial charge in [0, 0.05) is 29.5 Å². The average molecular weight is 577 g/mol. The standard InChI is InChI=1S/C22H40N8O10/c23-29-26-5-7-35-9-11-37-13-15-39-17-20(31)25-4-2-1-3-19(22(33)34)28-21(32)18-40-16-14-38-12-10-36-8-6-27-30-24/h19H,1-18H2,(H,25,31)(H,28,32)(H,33,34)/t19-/m1/s1. The number of rotatable bonds is 29. The number of hydrogen-bond donors (Lipinski definition) is 3. The second-order valence-electron chi connectivity index (χ2n) is 7.77. The van der Waals surface area contributed by atoms with Gasteiger partial charge in [-0.1, -0.05) is 10.2 Å². The molecule has 0 aromatic heterocycles. The molecule has 2 amide bonds. The number of ether oxygens (including phenoxy) is 6. The molecule has 0 bridgehead atoms. The highest BCUT2D eigenvalue weighted by Crippen LogP contribution is 2.01. The number of hydrogen-bond acceptors (Lipinski definition) is 11. The number of amides is 2. The van der Waals surface area contributed by atoms with Gasteiger partial charge in [-0.25, -0.2) is 4.79 Å². The highest BCUT2D eigenvalue weighted by molar-refractivity contribution is 5.84. The lowest BCUT2D eigenvalue weighted by molar-refractivity contribution is -0.142. The van der Waals surface area contributed by atoms with Gasteiger partial charge in [0.15, 0.2) is 0 Å². The van der Waals surface area contributed by atoms with Crippen LogP contribution in [0, 0.1) is 0 Å². The fourth-order valence-electron chi connectivity index (χ4n) is 2.76. The Kier molecular flexibility index (Phi) is 26.5. The molecule has 0 aliphatic heterocycles.